The van der Waals surface area contributed by atoms with Gasteiger partial charge in [-0.3, -0.25) is 9.78 Å². The van der Waals surface area contributed by atoms with E-state index >= 15 is 0 Å². The second kappa shape index (κ2) is 5.25. The van der Waals surface area contributed by atoms with Gasteiger partial charge >= 0.3 is 0 Å². The highest BCUT2D eigenvalue weighted by Gasteiger charge is 2.01. The third-order valence-corrected chi connectivity index (χ3v) is 2.44. The Balaban J connectivity index is 2.16. The summed E-state index contributed by atoms with van der Waals surface area (Å²) >= 11 is 0. The molecule has 17 heavy (non-hydrogen) atoms. The molecule has 3 nitrogen and oxygen atoms in total. The summed E-state index contributed by atoms with van der Waals surface area (Å²) in [4.78, 5) is 15.5. The van der Waals surface area contributed by atoms with E-state index in [0.29, 0.717) is 6.42 Å². The maximum Gasteiger partial charge on any atom is 0.224 e. The zero-order chi connectivity index (χ0) is 12.1. The molecular formula is C14H14N2O. The Labute approximate surface area is 101 Å². The van der Waals surface area contributed by atoms with Crippen molar-refractivity contribution in [2.75, 3.05) is 5.32 Å². The second-order valence-corrected chi connectivity index (χ2v) is 3.70. The van der Waals surface area contributed by atoms with Crippen molar-refractivity contribution < 1.29 is 4.79 Å². The molecule has 0 radical (unpaired) electrons. The summed E-state index contributed by atoms with van der Waals surface area (Å²) in [6.07, 6.45) is 2.15. The first-order valence-corrected chi connectivity index (χ1v) is 5.61. The van der Waals surface area contributed by atoms with Gasteiger partial charge in [-0.2, -0.15) is 0 Å². The molecule has 1 aromatic heterocycles. The van der Waals surface area contributed by atoms with E-state index in [2.05, 4.69) is 10.3 Å². The van der Waals surface area contributed by atoms with Crippen molar-refractivity contribution in [3.63, 3.8) is 0 Å². The van der Waals surface area contributed by atoms with Crippen molar-refractivity contribution in [2.24, 2.45) is 0 Å². The fourth-order valence-corrected chi connectivity index (χ4v) is 1.50. The van der Waals surface area contributed by atoms with Crippen LogP contribution in [0.3, 0.4) is 0 Å². The van der Waals surface area contributed by atoms with E-state index < -0.39 is 0 Å². The lowest BCUT2D eigenvalue weighted by atomic mass is 10.1. The van der Waals surface area contributed by atoms with E-state index in [1.54, 1.807) is 6.20 Å². The second-order valence-electron chi connectivity index (χ2n) is 3.70. The standard InChI is InChI=1S/C14H14N2O/c1-2-14(17)16-12-8-9-13(15-10-12)11-6-4-3-5-7-11/h3-10H,2H2,1H3,(H,16,17). The van der Waals surface area contributed by atoms with Gasteiger partial charge in [0.15, 0.2) is 0 Å². The lowest BCUT2D eigenvalue weighted by Gasteiger charge is -2.04. The van der Waals surface area contributed by atoms with Gasteiger partial charge in [-0.1, -0.05) is 37.3 Å². The average Bonchev–Trinajstić information content (AvgIpc) is 2.40. The minimum atomic E-state index is -0.000684. The number of nitrogens with one attached hydrogen (secondary N) is 1. The predicted octanol–water partition coefficient (Wildman–Crippen LogP) is 3.10. The first-order valence-electron chi connectivity index (χ1n) is 5.61. The van der Waals surface area contributed by atoms with Crippen molar-refractivity contribution >= 4 is 11.6 Å². The van der Waals surface area contributed by atoms with Crippen LogP contribution in [0.2, 0.25) is 0 Å². The molecule has 0 atom stereocenters. The minimum absolute atomic E-state index is 0.000684. The maximum atomic E-state index is 11.2. The Kier molecular flexibility index (Phi) is 3.50. The Hall–Kier alpha value is -2.16. The highest BCUT2D eigenvalue weighted by molar-refractivity contribution is 5.90. The number of carbonyl (C=O) groups excluding carboxylic acids is 1. The molecule has 1 aromatic carbocycles. The molecule has 86 valence electrons. The number of nitrogens with zero attached hydrogens (tertiary/aromatic N) is 1. The van der Waals surface area contributed by atoms with E-state index in [4.69, 9.17) is 0 Å². The topological polar surface area (TPSA) is 42.0 Å². The van der Waals surface area contributed by atoms with Crippen LogP contribution in [0, 0.1) is 0 Å². The summed E-state index contributed by atoms with van der Waals surface area (Å²) in [7, 11) is 0. The fourth-order valence-electron chi connectivity index (χ4n) is 1.50. The molecule has 0 aliphatic rings. The van der Waals surface area contributed by atoms with Crippen LogP contribution < -0.4 is 5.32 Å². The number of amides is 1. The SMILES string of the molecule is CCC(=O)Nc1ccc(-c2ccccc2)nc1. The van der Waals surface area contributed by atoms with Gasteiger partial charge in [0.05, 0.1) is 17.6 Å². The fraction of sp³-hybridized carbons (Fsp3) is 0.143. The number of aromatic nitrogens is 1. The van der Waals surface area contributed by atoms with Crippen molar-refractivity contribution in [1.29, 1.82) is 0 Å². The number of pyridine rings is 1. The summed E-state index contributed by atoms with van der Waals surface area (Å²) in [6, 6.07) is 13.7. The molecule has 0 fully saturated rings. The molecule has 1 heterocycles. The third kappa shape index (κ3) is 2.91. The maximum absolute atomic E-state index is 11.2. The zero-order valence-corrected chi connectivity index (χ0v) is 9.68. The molecule has 0 bridgehead atoms. The van der Waals surface area contributed by atoms with Gasteiger partial charge in [0.25, 0.3) is 0 Å². The van der Waals surface area contributed by atoms with Crippen LogP contribution in [0.4, 0.5) is 5.69 Å². The van der Waals surface area contributed by atoms with Gasteiger partial charge in [-0.25, -0.2) is 0 Å². The summed E-state index contributed by atoms with van der Waals surface area (Å²) in [5.74, 6) is -0.000684. The van der Waals surface area contributed by atoms with Crippen LogP contribution in [0.1, 0.15) is 13.3 Å². The highest BCUT2D eigenvalue weighted by Crippen LogP contribution is 2.17. The Bertz CT molecular complexity index is 491. The van der Waals surface area contributed by atoms with Gasteiger partial charge in [0.2, 0.25) is 5.91 Å². The lowest BCUT2D eigenvalue weighted by molar-refractivity contribution is -0.115. The van der Waals surface area contributed by atoms with E-state index in [1.165, 1.54) is 0 Å². The summed E-state index contributed by atoms with van der Waals surface area (Å²) in [5, 5.41) is 2.77. The number of anilines is 1. The molecule has 1 N–H and O–H groups in total. The first kappa shape index (κ1) is 11.3. The van der Waals surface area contributed by atoms with E-state index in [9.17, 15) is 4.79 Å². The number of hydrogen-bond donors (Lipinski definition) is 1. The minimum Gasteiger partial charge on any atom is -0.325 e. The third-order valence-electron chi connectivity index (χ3n) is 2.44. The van der Waals surface area contributed by atoms with Crippen molar-refractivity contribution in [3.8, 4) is 11.3 Å². The summed E-state index contributed by atoms with van der Waals surface area (Å²) in [6.45, 7) is 1.82. The van der Waals surface area contributed by atoms with Gasteiger partial charge in [0.1, 0.15) is 0 Å². The van der Waals surface area contributed by atoms with Gasteiger partial charge in [-0.05, 0) is 12.1 Å². The van der Waals surface area contributed by atoms with E-state index in [1.807, 2.05) is 49.4 Å². The number of rotatable bonds is 3. The molecule has 0 saturated heterocycles. The average molecular weight is 226 g/mol. The summed E-state index contributed by atoms with van der Waals surface area (Å²) < 4.78 is 0. The van der Waals surface area contributed by atoms with Crippen LogP contribution in [0.25, 0.3) is 11.3 Å². The Morgan fingerprint density at radius 2 is 1.94 bits per heavy atom. The zero-order valence-electron chi connectivity index (χ0n) is 9.68. The molecular weight excluding hydrogens is 212 g/mol. The molecule has 0 saturated carbocycles. The van der Waals surface area contributed by atoms with Gasteiger partial charge in [-0.15, -0.1) is 0 Å². The first-order chi connectivity index (χ1) is 8.29. The normalized spacial score (nSPS) is 9.94. The molecule has 2 aromatic rings. The summed E-state index contributed by atoms with van der Waals surface area (Å²) in [5.41, 5.74) is 2.71. The van der Waals surface area contributed by atoms with Crippen LogP contribution in [0.15, 0.2) is 48.7 Å². The monoisotopic (exact) mass is 226 g/mol. The Morgan fingerprint density at radius 3 is 2.53 bits per heavy atom. The molecule has 2 rings (SSSR count). The van der Waals surface area contributed by atoms with Gasteiger partial charge < -0.3 is 5.32 Å². The molecule has 0 spiro atoms. The van der Waals surface area contributed by atoms with Crippen LogP contribution in [0.5, 0.6) is 0 Å². The van der Waals surface area contributed by atoms with Crippen molar-refractivity contribution in [3.05, 3.63) is 48.7 Å². The predicted molar refractivity (Wildman–Crippen MR) is 68.6 cm³/mol. The van der Waals surface area contributed by atoms with Crippen LogP contribution in [-0.4, -0.2) is 10.9 Å². The molecule has 0 aliphatic heterocycles. The number of hydrogen-bond acceptors (Lipinski definition) is 2. The van der Waals surface area contributed by atoms with Crippen molar-refractivity contribution in [2.45, 2.75) is 13.3 Å². The largest absolute Gasteiger partial charge is 0.325 e. The lowest BCUT2D eigenvalue weighted by Crippen LogP contribution is -2.09. The highest BCUT2D eigenvalue weighted by atomic mass is 16.1. The van der Waals surface area contributed by atoms with Crippen molar-refractivity contribution in [1.82, 2.24) is 4.98 Å². The molecule has 1 amide bonds. The molecule has 3 heteroatoms. The quantitative estimate of drug-likeness (QED) is 0.873. The van der Waals surface area contributed by atoms with Crippen LogP contribution >= 0.6 is 0 Å². The Morgan fingerprint density at radius 1 is 1.18 bits per heavy atom. The number of benzene rings is 1. The number of carbonyl (C=O) groups is 1. The van der Waals surface area contributed by atoms with Gasteiger partial charge in [0, 0.05) is 12.0 Å². The van der Waals surface area contributed by atoms with E-state index in [0.717, 1.165) is 16.9 Å². The smallest absolute Gasteiger partial charge is 0.224 e. The van der Waals surface area contributed by atoms with E-state index in [-0.39, 0.29) is 5.91 Å². The molecule has 0 aliphatic carbocycles. The van der Waals surface area contributed by atoms with Crippen LogP contribution in [-0.2, 0) is 4.79 Å². The molecule has 0 unspecified atom stereocenters.